The third kappa shape index (κ3) is 2.84. The van der Waals surface area contributed by atoms with Crippen molar-refractivity contribution in [3.63, 3.8) is 0 Å². The van der Waals surface area contributed by atoms with Gasteiger partial charge in [0.1, 0.15) is 5.82 Å². The van der Waals surface area contributed by atoms with Gasteiger partial charge in [0.05, 0.1) is 12.2 Å². The minimum Gasteiger partial charge on any atom is -0.262 e. The molecule has 0 bridgehead atoms. The Morgan fingerprint density at radius 2 is 2.39 bits per heavy atom. The molecule has 0 amide bonds. The third-order valence-corrected chi connectivity index (χ3v) is 2.49. The first-order valence-electron chi connectivity index (χ1n) is 5.32. The molecule has 0 unspecified atom stereocenters. The molecule has 0 aliphatic heterocycles. The number of halogens is 1. The van der Waals surface area contributed by atoms with Crippen LogP contribution in [0, 0.1) is 12.7 Å². The van der Waals surface area contributed by atoms with Gasteiger partial charge in [-0.3, -0.25) is 9.67 Å². The summed E-state index contributed by atoms with van der Waals surface area (Å²) in [6, 6.07) is 4.74. The summed E-state index contributed by atoms with van der Waals surface area (Å²) in [7, 11) is 0. The second-order valence-electron chi connectivity index (χ2n) is 3.65. The number of nitrogens with zero attached hydrogens (tertiary/aromatic N) is 4. The molecule has 2 rings (SSSR count). The quantitative estimate of drug-likeness (QED) is 0.628. The molecular formula is C12H11FN4S. The first-order valence-corrected chi connectivity index (χ1v) is 5.79. The van der Waals surface area contributed by atoms with Crippen molar-refractivity contribution in [2.75, 3.05) is 0 Å². The van der Waals surface area contributed by atoms with Crippen LogP contribution in [-0.4, -0.2) is 26.3 Å². The lowest BCUT2D eigenvalue weighted by Crippen LogP contribution is -2.07. The zero-order valence-corrected chi connectivity index (χ0v) is 10.6. The van der Waals surface area contributed by atoms with Crippen LogP contribution in [-0.2, 0) is 6.54 Å². The largest absolute Gasteiger partial charge is 0.262 e. The van der Waals surface area contributed by atoms with Crippen molar-refractivity contribution in [2.45, 2.75) is 13.5 Å². The lowest BCUT2D eigenvalue weighted by Gasteiger charge is -2.04. The van der Waals surface area contributed by atoms with E-state index < -0.39 is 0 Å². The van der Waals surface area contributed by atoms with Gasteiger partial charge in [-0.15, -0.1) is 0 Å². The van der Waals surface area contributed by atoms with Crippen molar-refractivity contribution in [3.05, 3.63) is 41.6 Å². The van der Waals surface area contributed by atoms with Gasteiger partial charge in [-0.1, -0.05) is 12.2 Å². The number of thiocarbonyl (C=S) groups is 1. The second kappa shape index (κ2) is 5.59. The van der Waals surface area contributed by atoms with E-state index in [1.54, 1.807) is 23.0 Å². The smallest absolute Gasteiger partial charge is 0.174 e. The molecule has 0 aromatic carbocycles. The Labute approximate surface area is 109 Å². The first kappa shape index (κ1) is 12.5. The molecule has 0 aliphatic rings. The molecule has 0 aliphatic carbocycles. The summed E-state index contributed by atoms with van der Waals surface area (Å²) in [6.07, 6.45) is 3.05. The molecular weight excluding hydrogens is 251 g/mol. The molecule has 0 atom stereocenters. The van der Waals surface area contributed by atoms with Gasteiger partial charge < -0.3 is 0 Å². The van der Waals surface area contributed by atoms with Crippen molar-refractivity contribution in [1.29, 1.82) is 0 Å². The summed E-state index contributed by atoms with van der Waals surface area (Å²) in [5.41, 5.74) is 1.24. The van der Waals surface area contributed by atoms with E-state index in [-0.39, 0.29) is 12.4 Å². The maximum atomic E-state index is 13.5. The molecule has 0 N–H and O–H groups in total. The second-order valence-corrected chi connectivity index (χ2v) is 3.92. The molecule has 0 saturated carbocycles. The highest BCUT2D eigenvalue weighted by molar-refractivity contribution is 7.80. The Balaban J connectivity index is 2.24. The zero-order chi connectivity index (χ0) is 13.0. The summed E-state index contributed by atoms with van der Waals surface area (Å²) >= 11 is 4.64. The molecule has 0 fully saturated rings. The van der Waals surface area contributed by atoms with Gasteiger partial charge in [-0.2, -0.15) is 5.10 Å². The standard InChI is InChI=1S/C12H11FN4S/c1-9-7-12(15-5-6-18)16-17(9)8-11-10(13)3-2-4-14-11/h2-7H,8H2,1H3. The average Bonchev–Trinajstić information content (AvgIpc) is 2.70. The van der Waals surface area contributed by atoms with Gasteiger partial charge in [-0.05, 0) is 19.1 Å². The number of aryl methyl sites for hydroxylation is 1. The first-order chi connectivity index (χ1) is 8.70. The van der Waals surface area contributed by atoms with Gasteiger partial charge >= 0.3 is 0 Å². The highest BCUT2D eigenvalue weighted by Gasteiger charge is 2.07. The van der Waals surface area contributed by atoms with Crippen molar-refractivity contribution < 1.29 is 4.39 Å². The van der Waals surface area contributed by atoms with Crippen molar-refractivity contribution in [2.24, 2.45) is 4.99 Å². The highest BCUT2D eigenvalue weighted by Crippen LogP contribution is 2.13. The van der Waals surface area contributed by atoms with Crippen LogP contribution in [0.3, 0.4) is 0 Å². The molecule has 18 heavy (non-hydrogen) atoms. The van der Waals surface area contributed by atoms with Gasteiger partial charge in [0, 0.05) is 29.5 Å². The highest BCUT2D eigenvalue weighted by atomic mass is 32.1. The van der Waals surface area contributed by atoms with Crippen LogP contribution >= 0.6 is 12.2 Å². The Kier molecular flexibility index (Phi) is 3.88. The summed E-state index contributed by atoms with van der Waals surface area (Å²) in [5, 5.41) is 5.64. The number of rotatable bonds is 4. The van der Waals surface area contributed by atoms with Crippen molar-refractivity contribution in [1.82, 2.24) is 14.8 Å². The van der Waals surface area contributed by atoms with E-state index in [0.717, 1.165) is 5.69 Å². The van der Waals surface area contributed by atoms with Gasteiger partial charge in [0.2, 0.25) is 0 Å². The Morgan fingerprint density at radius 3 is 3.11 bits per heavy atom. The normalized spacial score (nSPS) is 11.0. The minimum absolute atomic E-state index is 0.283. The lowest BCUT2D eigenvalue weighted by molar-refractivity contribution is 0.566. The third-order valence-electron chi connectivity index (χ3n) is 2.37. The van der Waals surface area contributed by atoms with Crippen LogP contribution in [0.4, 0.5) is 10.2 Å². The summed E-state index contributed by atoms with van der Waals surface area (Å²) in [4.78, 5) is 8.03. The van der Waals surface area contributed by atoms with E-state index in [9.17, 15) is 4.39 Å². The van der Waals surface area contributed by atoms with Crippen LogP contribution in [0.5, 0.6) is 0 Å². The maximum absolute atomic E-state index is 13.5. The fourth-order valence-electron chi connectivity index (χ4n) is 1.50. The van der Waals surface area contributed by atoms with Crippen LogP contribution < -0.4 is 0 Å². The van der Waals surface area contributed by atoms with E-state index in [4.69, 9.17) is 0 Å². The molecule has 6 heteroatoms. The van der Waals surface area contributed by atoms with Gasteiger partial charge in [0.25, 0.3) is 0 Å². The van der Waals surface area contributed by atoms with Crippen molar-refractivity contribution >= 4 is 29.6 Å². The average molecular weight is 262 g/mol. The number of hydrogen-bond donors (Lipinski definition) is 0. The Hall–Kier alpha value is -1.95. The molecule has 0 saturated heterocycles. The predicted octanol–water partition coefficient (Wildman–Crippen LogP) is 2.48. The Morgan fingerprint density at radius 1 is 1.56 bits per heavy atom. The van der Waals surface area contributed by atoms with Crippen molar-refractivity contribution in [3.8, 4) is 0 Å². The zero-order valence-electron chi connectivity index (χ0n) is 9.75. The monoisotopic (exact) mass is 262 g/mol. The van der Waals surface area contributed by atoms with E-state index >= 15 is 0 Å². The molecule has 2 aromatic rings. The SMILES string of the molecule is Cc1cc(N=CC=S)nn1Cc1ncccc1F. The summed E-state index contributed by atoms with van der Waals surface area (Å²) in [5.74, 6) is 0.210. The lowest BCUT2D eigenvalue weighted by atomic mass is 10.3. The molecule has 4 nitrogen and oxygen atoms in total. The Bertz CT molecular complexity index is 592. The van der Waals surface area contributed by atoms with Crippen LogP contribution in [0.15, 0.2) is 29.4 Å². The van der Waals surface area contributed by atoms with E-state index in [2.05, 4.69) is 27.3 Å². The van der Waals surface area contributed by atoms with Gasteiger partial charge in [0.15, 0.2) is 5.82 Å². The molecule has 0 spiro atoms. The molecule has 2 heterocycles. The number of aliphatic imine (C=N–C) groups is 1. The maximum Gasteiger partial charge on any atom is 0.174 e. The molecule has 0 radical (unpaired) electrons. The number of hydrogen-bond acceptors (Lipinski definition) is 4. The van der Waals surface area contributed by atoms with E-state index in [1.807, 2.05) is 6.92 Å². The molecule has 2 aromatic heterocycles. The summed E-state index contributed by atoms with van der Waals surface area (Å²) < 4.78 is 15.1. The summed E-state index contributed by atoms with van der Waals surface area (Å²) in [6.45, 7) is 2.16. The van der Waals surface area contributed by atoms with Gasteiger partial charge in [-0.25, -0.2) is 9.38 Å². The molecule has 92 valence electrons. The van der Waals surface area contributed by atoms with Crippen LogP contribution in [0.25, 0.3) is 0 Å². The topological polar surface area (TPSA) is 43.1 Å². The van der Waals surface area contributed by atoms with Crippen LogP contribution in [0.2, 0.25) is 0 Å². The fraction of sp³-hybridized carbons (Fsp3) is 0.167. The number of pyridine rings is 1. The van der Waals surface area contributed by atoms with E-state index in [1.165, 1.54) is 17.6 Å². The predicted molar refractivity (Wildman–Crippen MR) is 72.1 cm³/mol. The number of aromatic nitrogens is 3. The van der Waals surface area contributed by atoms with E-state index in [0.29, 0.717) is 11.5 Å². The minimum atomic E-state index is -0.337. The fourth-order valence-corrected chi connectivity index (χ4v) is 1.56. The van der Waals surface area contributed by atoms with Crippen LogP contribution in [0.1, 0.15) is 11.4 Å².